The Morgan fingerprint density at radius 2 is 1.94 bits per heavy atom. The van der Waals surface area contributed by atoms with Gasteiger partial charge in [-0.25, -0.2) is 4.98 Å². The normalized spacial score (nSPS) is 14.5. The number of thiophene rings is 1. The van der Waals surface area contributed by atoms with E-state index in [0.29, 0.717) is 23.3 Å². The molecule has 2 aromatic carbocycles. The maximum Gasteiger partial charge on any atom is 0.247 e. The molecule has 2 N–H and O–H groups in total. The number of carbonyl (C=O) groups excluding carboxylic acids is 1. The first-order chi connectivity index (χ1) is 17.6. The van der Waals surface area contributed by atoms with Crippen LogP contribution in [-0.2, 0) is 11.2 Å². The van der Waals surface area contributed by atoms with Gasteiger partial charge in [-0.2, -0.15) is 4.98 Å². The molecule has 1 fully saturated rings. The van der Waals surface area contributed by atoms with Crippen molar-refractivity contribution in [2.75, 3.05) is 30.8 Å². The Morgan fingerprint density at radius 1 is 1.14 bits per heavy atom. The minimum Gasteiger partial charge on any atom is -0.437 e. The summed E-state index contributed by atoms with van der Waals surface area (Å²) in [4.78, 5) is 23.4. The number of likely N-dealkylation sites (tertiary alicyclic amines) is 1. The highest BCUT2D eigenvalue weighted by Gasteiger charge is 2.17. The lowest BCUT2D eigenvalue weighted by molar-refractivity contribution is -0.111. The van der Waals surface area contributed by atoms with E-state index in [1.54, 1.807) is 12.1 Å². The van der Waals surface area contributed by atoms with Crippen LogP contribution < -0.4 is 15.4 Å². The first-order valence-corrected chi connectivity index (χ1v) is 12.9. The molecule has 0 spiro atoms. The van der Waals surface area contributed by atoms with Crippen LogP contribution in [-0.4, -0.2) is 40.9 Å². The van der Waals surface area contributed by atoms with Crippen LogP contribution >= 0.6 is 11.3 Å². The number of nitrogens with one attached hydrogen (secondary N) is 2. The van der Waals surface area contributed by atoms with E-state index in [9.17, 15) is 4.79 Å². The molecule has 0 bridgehead atoms. The topological polar surface area (TPSA) is 79.4 Å². The Balaban J connectivity index is 1.31. The number of rotatable bonds is 8. The molecule has 0 saturated carbocycles. The Labute approximate surface area is 214 Å². The molecule has 3 heterocycles. The third-order valence-corrected chi connectivity index (χ3v) is 7.24. The first kappa shape index (κ1) is 24.0. The molecule has 0 unspecified atom stereocenters. The van der Waals surface area contributed by atoms with Crippen molar-refractivity contribution < 1.29 is 9.53 Å². The van der Waals surface area contributed by atoms with Gasteiger partial charge in [-0.3, -0.25) is 4.79 Å². The Morgan fingerprint density at radius 3 is 2.72 bits per heavy atom. The SMILES string of the molecule is C=CC(=O)Nc1cccc(Oc2nc(Nc3ccc(CC4CCN(C)CC4)cc3)nc3ccsc23)c1. The van der Waals surface area contributed by atoms with Crippen LogP contribution in [0.5, 0.6) is 11.6 Å². The molecule has 0 atom stereocenters. The maximum atomic E-state index is 11.6. The van der Waals surface area contributed by atoms with Crippen molar-refractivity contribution in [1.82, 2.24) is 14.9 Å². The van der Waals surface area contributed by atoms with Crippen molar-refractivity contribution in [3.63, 3.8) is 0 Å². The summed E-state index contributed by atoms with van der Waals surface area (Å²) in [6, 6.07) is 17.7. The van der Waals surface area contributed by atoms with E-state index in [0.717, 1.165) is 28.2 Å². The van der Waals surface area contributed by atoms with Gasteiger partial charge >= 0.3 is 0 Å². The number of fused-ring (bicyclic) bond motifs is 1. The Kier molecular flexibility index (Phi) is 7.25. The molecule has 2 aromatic heterocycles. The molecule has 7 nitrogen and oxygen atoms in total. The van der Waals surface area contributed by atoms with Gasteiger partial charge in [-0.15, -0.1) is 11.3 Å². The molecule has 184 valence electrons. The quantitative estimate of drug-likeness (QED) is 0.280. The molecule has 1 aliphatic heterocycles. The van der Waals surface area contributed by atoms with E-state index < -0.39 is 0 Å². The summed E-state index contributed by atoms with van der Waals surface area (Å²) in [7, 11) is 2.20. The van der Waals surface area contributed by atoms with Crippen molar-refractivity contribution in [2.24, 2.45) is 5.92 Å². The predicted molar refractivity (Wildman–Crippen MR) is 146 cm³/mol. The molecule has 8 heteroatoms. The standard InChI is InChI=1S/C28H29N5O2S/c1-3-25(34)29-22-5-4-6-23(18-22)35-27-26-24(13-16-36-26)31-28(32-27)30-21-9-7-19(8-10-21)17-20-11-14-33(2)15-12-20/h3-10,13,16,18,20H,1,11-12,14-15,17H2,2H3,(H,29,34)(H,30,31,32). The van der Waals surface area contributed by atoms with Crippen LogP contribution in [0, 0.1) is 5.92 Å². The van der Waals surface area contributed by atoms with E-state index in [2.05, 4.69) is 63.4 Å². The van der Waals surface area contributed by atoms with E-state index in [4.69, 9.17) is 4.74 Å². The average molecular weight is 500 g/mol. The van der Waals surface area contributed by atoms with Gasteiger partial charge in [-0.05, 0) is 92.7 Å². The molecule has 5 rings (SSSR count). The second-order valence-electron chi connectivity index (χ2n) is 9.08. The van der Waals surface area contributed by atoms with Gasteiger partial charge < -0.3 is 20.3 Å². The van der Waals surface area contributed by atoms with Gasteiger partial charge in [0.2, 0.25) is 17.7 Å². The van der Waals surface area contributed by atoms with Gasteiger partial charge in [0, 0.05) is 17.4 Å². The van der Waals surface area contributed by atoms with E-state index in [1.807, 2.05) is 23.6 Å². The van der Waals surface area contributed by atoms with Gasteiger partial charge in [-0.1, -0.05) is 24.8 Å². The van der Waals surface area contributed by atoms with Gasteiger partial charge in [0.1, 0.15) is 10.4 Å². The van der Waals surface area contributed by atoms with Crippen LogP contribution in [0.2, 0.25) is 0 Å². The monoisotopic (exact) mass is 499 g/mol. The zero-order valence-electron chi connectivity index (χ0n) is 20.2. The van der Waals surface area contributed by atoms with Crippen molar-refractivity contribution in [3.05, 3.63) is 78.2 Å². The number of benzene rings is 2. The number of hydrogen-bond acceptors (Lipinski definition) is 7. The summed E-state index contributed by atoms with van der Waals surface area (Å²) in [6.45, 7) is 5.86. The number of amides is 1. The zero-order chi connectivity index (χ0) is 24.9. The zero-order valence-corrected chi connectivity index (χ0v) is 21.1. The molecular formula is C28H29N5O2S. The Hall–Kier alpha value is -3.75. The lowest BCUT2D eigenvalue weighted by atomic mass is 9.90. The van der Waals surface area contributed by atoms with Crippen LogP contribution in [0.4, 0.5) is 17.3 Å². The number of ether oxygens (including phenoxy) is 1. The van der Waals surface area contributed by atoms with Crippen molar-refractivity contribution >= 4 is 44.8 Å². The molecule has 0 aliphatic carbocycles. The summed E-state index contributed by atoms with van der Waals surface area (Å²) in [6.07, 6.45) is 4.87. The lowest BCUT2D eigenvalue weighted by Crippen LogP contribution is -2.30. The second-order valence-corrected chi connectivity index (χ2v) is 10.00. The summed E-state index contributed by atoms with van der Waals surface area (Å²) >= 11 is 1.52. The van der Waals surface area contributed by atoms with Crippen molar-refractivity contribution in [3.8, 4) is 11.6 Å². The summed E-state index contributed by atoms with van der Waals surface area (Å²) in [5.74, 6) is 1.97. The highest BCUT2D eigenvalue weighted by Crippen LogP contribution is 2.34. The van der Waals surface area contributed by atoms with Crippen LogP contribution in [0.15, 0.2) is 72.6 Å². The fraction of sp³-hybridized carbons (Fsp3) is 0.250. The third kappa shape index (κ3) is 5.90. The number of piperidine rings is 1. The lowest BCUT2D eigenvalue weighted by Gasteiger charge is -2.28. The summed E-state index contributed by atoms with van der Waals surface area (Å²) in [5, 5.41) is 8.03. The van der Waals surface area contributed by atoms with E-state index in [1.165, 1.54) is 48.9 Å². The average Bonchev–Trinajstić information content (AvgIpc) is 3.36. The predicted octanol–water partition coefficient (Wildman–Crippen LogP) is 6.24. The van der Waals surface area contributed by atoms with Crippen LogP contribution in [0.1, 0.15) is 18.4 Å². The molecule has 1 amide bonds. The van der Waals surface area contributed by atoms with E-state index in [-0.39, 0.29) is 5.91 Å². The van der Waals surface area contributed by atoms with Gasteiger partial charge in [0.15, 0.2) is 0 Å². The van der Waals surface area contributed by atoms with Crippen molar-refractivity contribution in [2.45, 2.75) is 19.3 Å². The summed E-state index contributed by atoms with van der Waals surface area (Å²) in [5.41, 5.74) is 3.71. The molecule has 36 heavy (non-hydrogen) atoms. The minimum absolute atomic E-state index is 0.279. The van der Waals surface area contributed by atoms with Crippen LogP contribution in [0.3, 0.4) is 0 Å². The Bertz CT molecular complexity index is 1360. The molecule has 1 aliphatic rings. The smallest absolute Gasteiger partial charge is 0.247 e. The van der Waals surface area contributed by atoms with E-state index >= 15 is 0 Å². The van der Waals surface area contributed by atoms with Crippen LogP contribution in [0.25, 0.3) is 10.2 Å². The molecule has 0 radical (unpaired) electrons. The highest BCUT2D eigenvalue weighted by atomic mass is 32.1. The molecule has 1 saturated heterocycles. The number of anilines is 3. The summed E-state index contributed by atoms with van der Waals surface area (Å²) < 4.78 is 6.99. The second kappa shape index (κ2) is 10.9. The fourth-order valence-electron chi connectivity index (χ4n) is 4.36. The number of hydrogen-bond donors (Lipinski definition) is 2. The largest absolute Gasteiger partial charge is 0.437 e. The molecule has 4 aromatic rings. The third-order valence-electron chi connectivity index (χ3n) is 6.35. The maximum absolute atomic E-state index is 11.6. The number of aromatic nitrogens is 2. The van der Waals surface area contributed by atoms with Crippen molar-refractivity contribution in [1.29, 1.82) is 0 Å². The minimum atomic E-state index is -0.279. The number of nitrogens with zero attached hydrogens (tertiary/aromatic N) is 3. The van der Waals surface area contributed by atoms with Gasteiger partial charge in [0.25, 0.3) is 0 Å². The highest BCUT2D eigenvalue weighted by molar-refractivity contribution is 7.17. The first-order valence-electron chi connectivity index (χ1n) is 12.1. The number of carbonyl (C=O) groups is 1. The fourth-order valence-corrected chi connectivity index (χ4v) is 5.11. The molecular weight excluding hydrogens is 470 g/mol. The van der Waals surface area contributed by atoms with Gasteiger partial charge in [0.05, 0.1) is 5.52 Å².